The quantitative estimate of drug-likeness (QED) is 0.259. The Labute approximate surface area is 309 Å². The number of benzene rings is 2. The van der Waals surface area contributed by atoms with Gasteiger partial charge in [0.25, 0.3) is 5.91 Å². The number of alkyl halides is 3. The van der Waals surface area contributed by atoms with Crippen molar-refractivity contribution in [3.63, 3.8) is 0 Å². The molecule has 0 unspecified atom stereocenters. The first kappa shape index (κ1) is 37.0. The Bertz CT molecular complexity index is 2040. The van der Waals surface area contributed by atoms with Crippen molar-refractivity contribution in [1.82, 2.24) is 34.1 Å². The largest absolute Gasteiger partial charge is 0.436 e. The number of anilines is 1. The predicted octanol–water partition coefficient (Wildman–Crippen LogP) is 5.15. The van der Waals surface area contributed by atoms with Crippen molar-refractivity contribution in [2.24, 2.45) is 0 Å². The van der Waals surface area contributed by atoms with E-state index in [4.69, 9.17) is 22.1 Å². The number of likely N-dealkylation sites (N-methyl/N-ethyl adjacent to an activating group) is 1. The SMILES string of the molecule is CN1CCCN(C2CCN(C(=O)[C@@H](Cc3cc(Cl)c(N)c(C(F)(F)F)c3)OC(=O)N3CCC(n4c(=O)[nH]c5c6ccccc6ncc54)CC3)CC2)CC1. The van der Waals surface area contributed by atoms with Crippen molar-refractivity contribution in [2.75, 3.05) is 65.1 Å². The Morgan fingerprint density at radius 2 is 1.68 bits per heavy atom. The van der Waals surface area contributed by atoms with Crippen molar-refractivity contribution < 1.29 is 27.5 Å². The molecule has 0 aliphatic carbocycles. The predicted molar refractivity (Wildman–Crippen MR) is 196 cm³/mol. The summed E-state index contributed by atoms with van der Waals surface area (Å²) < 4.78 is 49.1. The van der Waals surface area contributed by atoms with E-state index in [1.807, 2.05) is 24.3 Å². The number of pyridine rings is 1. The van der Waals surface area contributed by atoms with Gasteiger partial charge in [0.1, 0.15) is 0 Å². The molecule has 5 heterocycles. The molecule has 1 atom stereocenters. The number of halogens is 4. The monoisotopic (exact) mass is 756 g/mol. The minimum atomic E-state index is -4.77. The number of aromatic nitrogens is 3. The number of nitrogens with zero attached hydrogens (tertiary/aromatic N) is 6. The number of nitrogen functional groups attached to an aromatic ring is 1. The Balaban J connectivity index is 1.06. The molecule has 2 amide bonds. The molecule has 0 radical (unpaired) electrons. The van der Waals surface area contributed by atoms with Crippen LogP contribution in [0.15, 0.2) is 47.4 Å². The molecule has 4 aromatic rings. The zero-order valence-electron chi connectivity index (χ0n) is 29.6. The fourth-order valence-corrected chi connectivity index (χ4v) is 8.34. The van der Waals surface area contributed by atoms with Crippen LogP contribution in [0, 0.1) is 0 Å². The molecule has 3 saturated heterocycles. The van der Waals surface area contributed by atoms with Crippen molar-refractivity contribution >= 4 is 51.2 Å². The molecule has 2 aromatic carbocycles. The van der Waals surface area contributed by atoms with Crippen LogP contribution < -0.4 is 11.4 Å². The maximum Gasteiger partial charge on any atom is 0.418 e. The van der Waals surface area contributed by atoms with Crippen LogP contribution in [0.3, 0.4) is 0 Å². The highest BCUT2D eigenvalue weighted by molar-refractivity contribution is 6.33. The van der Waals surface area contributed by atoms with E-state index < -0.39 is 35.5 Å². The third-order valence-electron chi connectivity index (χ3n) is 11.0. The first-order valence-electron chi connectivity index (χ1n) is 18.2. The molecule has 12 nitrogen and oxygen atoms in total. The van der Waals surface area contributed by atoms with Gasteiger partial charge in [0.05, 0.1) is 39.0 Å². The summed E-state index contributed by atoms with van der Waals surface area (Å²) in [5.74, 6) is -0.464. The van der Waals surface area contributed by atoms with Crippen LogP contribution in [0.1, 0.15) is 49.3 Å². The number of ether oxygens (including phenoxy) is 1. The molecular weight excluding hydrogens is 713 g/mol. The van der Waals surface area contributed by atoms with Crippen LogP contribution in [0.5, 0.6) is 0 Å². The van der Waals surface area contributed by atoms with E-state index in [2.05, 4.69) is 26.8 Å². The smallest absolute Gasteiger partial charge is 0.418 e. The van der Waals surface area contributed by atoms with E-state index in [9.17, 15) is 27.6 Å². The summed E-state index contributed by atoms with van der Waals surface area (Å²) in [6.07, 6.45) is -2.11. The van der Waals surface area contributed by atoms with E-state index >= 15 is 0 Å². The van der Waals surface area contributed by atoms with E-state index in [1.165, 1.54) is 11.0 Å². The maximum atomic E-state index is 14.1. The van der Waals surface area contributed by atoms with E-state index in [0.29, 0.717) is 43.0 Å². The maximum absolute atomic E-state index is 14.1. The standard InChI is InChI=1S/C37H44ClF3N8O4/c1-45-11-4-12-46(18-17-45)24-7-13-47(14-8-24)34(50)31(21-23-19-27(37(39,40)41)32(42)28(38)20-23)53-36(52)48-15-9-25(10-16-48)49-30-22-43-29-6-3-2-5-26(29)33(30)44-35(49)51/h2-3,5-6,19-20,22,24-25,31H,4,7-18,21,42H2,1H3,(H,44,51)/t31-/m1/s1. The number of piperidine rings is 2. The van der Waals surface area contributed by atoms with Crippen LogP contribution in [0.25, 0.3) is 21.9 Å². The fourth-order valence-electron chi connectivity index (χ4n) is 8.09. The number of likely N-dealkylation sites (tertiary alicyclic amines) is 2. The molecule has 2 aromatic heterocycles. The van der Waals surface area contributed by atoms with Crippen LogP contribution in [0.4, 0.5) is 23.7 Å². The zero-order valence-corrected chi connectivity index (χ0v) is 30.3. The normalized spacial score (nSPS) is 19.5. The molecule has 0 spiro atoms. The average Bonchev–Trinajstić information content (AvgIpc) is 3.33. The number of fused-ring (bicyclic) bond motifs is 3. The average molecular weight is 757 g/mol. The van der Waals surface area contributed by atoms with E-state index in [1.54, 1.807) is 15.7 Å². The minimum absolute atomic E-state index is 0.0739. The van der Waals surface area contributed by atoms with Gasteiger partial charge < -0.3 is 30.2 Å². The lowest BCUT2D eigenvalue weighted by Crippen LogP contribution is -2.51. The van der Waals surface area contributed by atoms with Crippen molar-refractivity contribution in [3.8, 4) is 0 Å². The topological polar surface area (TPSA) is 133 Å². The lowest BCUT2D eigenvalue weighted by atomic mass is 9.99. The summed E-state index contributed by atoms with van der Waals surface area (Å²) in [7, 11) is 2.12. The van der Waals surface area contributed by atoms with Gasteiger partial charge >= 0.3 is 18.0 Å². The van der Waals surface area contributed by atoms with Crippen molar-refractivity contribution in [2.45, 2.75) is 62.9 Å². The number of nitrogens with one attached hydrogen (secondary N) is 1. The Morgan fingerprint density at radius 1 is 0.981 bits per heavy atom. The van der Waals surface area contributed by atoms with Gasteiger partial charge in [-0.1, -0.05) is 29.8 Å². The fraction of sp³-hybridized carbons (Fsp3) is 0.514. The second kappa shape index (κ2) is 15.2. The van der Waals surface area contributed by atoms with Crippen LogP contribution in [-0.4, -0.2) is 118 Å². The second-order valence-corrected chi connectivity index (χ2v) is 14.8. The number of imidazole rings is 1. The summed E-state index contributed by atoms with van der Waals surface area (Å²) in [5, 5.41) is 0.537. The van der Waals surface area contributed by atoms with Gasteiger partial charge in [-0.3, -0.25) is 19.2 Å². The molecular formula is C37H44ClF3N8O4. The summed E-state index contributed by atoms with van der Waals surface area (Å²) in [6, 6.07) is 9.79. The molecule has 3 aliphatic rings. The van der Waals surface area contributed by atoms with Gasteiger partial charge in [0.15, 0.2) is 6.10 Å². The number of H-pyrrole nitrogens is 1. The lowest BCUT2D eigenvalue weighted by molar-refractivity contribution is -0.142. The number of hydrogen-bond donors (Lipinski definition) is 2. The molecule has 53 heavy (non-hydrogen) atoms. The third-order valence-corrected chi connectivity index (χ3v) is 11.3. The number of aromatic amines is 1. The summed E-state index contributed by atoms with van der Waals surface area (Å²) in [4.78, 5) is 56.3. The zero-order chi connectivity index (χ0) is 37.4. The van der Waals surface area contributed by atoms with Crippen molar-refractivity contribution in [1.29, 1.82) is 0 Å². The van der Waals surface area contributed by atoms with E-state index in [-0.39, 0.29) is 41.8 Å². The van der Waals surface area contributed by atoms with Gasteiger partial charge in [-0.05, 0) is 76.0 Å². The molecule has 16 heteroatoms. The second-order valence-electron chi connectivity index (χ2n) is 14.4. The Kier molecular flexibility index (Phi) is 10.6. The number of carbonyl (C=O) groups excluding carboxylic acids is 2. The molecule has 0 bridgehead atoms. The van der Waals surface area contributed by atoms with Gasteiger partial charge in [-0.2, -0.15) is 13.2 Å². The molecule has 284 valence electrons. The van der Waals surface area contributed by atoms with Crippen molar-refractivity contribution in [3.05, 3.63) is 69.2 Å². The Morgan fingerprint density at radius 3 is 2.42 bits per heavy atom. The Hall–Kier alpha value is -4.34. The van der Waals surface area contributed by atoms with Gasteiger partial charge in [0.2, 0.25) is 0 Å². The van der Waals surface area contributed by atoms with Crippen LogP contribution in [-0.2, 0) is 22.1 Å². The highest BCUT2D eigenvalue weighted by atomic mass is 35.5. The van der Waals surface area contributed by atoms with Gasteiger partial charge in [-0.15, -0.1) is 0 Å². The highest BCUT2D eigenvalue weighted by Gasteiger charge is 2.38. The van der Waals surface area contributed by atoms with Crippen LogP contribution in [0.2, 0.25) is 5.02 Å². The molecule has 3 N–H and O–H groups in total. The number of para-hydroxylation sites is 1. The number of rotatable bonds is 6. The number of carbonyl (C=O) groups is 2. The molecule has 0 saturated carbocycles. The molecule has 7 rings (SSSR count). The molecule has 3 fully saturated rings. The van der Waals surface area contributed by atoms with E-state index in [0.717, 1.165) is 62.4 Å². The first-order valence-corrected chi connectivity index (χ1v) is 18.5. The van der Waals surface area contributed by atoms with Gasteiger partial charge in [0, 0.05) is 63.2 Å². The minimum Gasteiger partial charge on any atom is -0.436 e. The lowest BCUT2D eigenvalue weighted by Gasteiger charge is -2.39. The summed E-state index contributed by atoms with van der Waals surface area (Å²) in [6.45, 7) is 5.33. The number of amides is 2. The number of hydrogen-bond acceptors (Lipinski definition) is 8. The highest BCUT2D eigenvalue weighted by Crippen LogP contribution is 2.38. The summed E-state index contributed by atoms with van der Waals surface area (Å²) >= 11 is 6.13. The number of nitrogens with two attached hydrogens (primary N) is 1. The first-order chi connectivity index (χ1) is 25.4. The van der Waals surface area contributed by atoms with Crippen LogP contribution >= 0.6 is 11.6 Å². The van der Waals surface area contributed by atoms with Gasteiger partial charge in [-0.25, -0.2) is 9.59 Å². The summed E-state index contributed by atoms with van der Waals surface area (Å²) in [5.41, 5.74) is 5.90. The third kappa shape index (κ3) is 7.83. The molecule has 3 aliphatic heterocycles.